The Balaban J connectivity index is 1.56. The van der Waals surface area contributed by atoms with Gasteiger partial charge in [-0.15, -0.1) is 0 Å². The van der Waals surface area contributed by atoms with E-state index in [1.165, 1.54) is 39.0 Å². The van der Waals surface area contributed by atoms with Gasteiger partial charge in [0.05, 0.1) is 6.54 Å². The van der Waals surface area contributed by atoms with Crippen LogP contribution in [-0.2, 0) is 13.0 Å². The van der Waals surface area contributed by atoms with E-state index < -0.39 is 0 Å². The van der Waals surface area contributed by atoms with Crippen molar-refractivity contribution < 1.29 is 4.42 Å². The average Bonchev–Trinajstić information content (AvgIpc) is 3.15. The molecule has 1 aromatic rings. The van der Waals surface area contributed by atoms with Crippen LogP contribution in [0, 0.1) is 0 Å². The second-order valence-corrected chi connectivity index (χ2v) is 6.74. The van der Waals surface area contributed by atoms with E-state index in [-0.39, 0.29) is 0 Å². The topological polar surface area (TPSA) is 22.9 Å². The highest BCUT2D eigenvalue weighted by Gasteiger charge is 2.42. The quantitative estimate of drug-likeness (QED) is 0.800. The van der Waals surface area contributed by atoms with E-state index in [4.69, 9.17) is 4.42 Å². The van der Waals surface area contributed by atoms with Crippen LogP contribution < -0.4 is 0 Å². The molecule has 0 saturated carbocycles. The molecule has 0 N–H and O–H groups in total. The van der Waals surface area contributed by atoms with Crippen molar-refractivity contribution in [3.8, 4) is 0 Å². The van der Waals surface area contributed by atoms with Gasteiger partial charge in [-0.2, -0.15) is 0 Å². The number of aryl methyl sites for hydroxylation is 1. The van der Waals surface area contributed by atoms with Crippen molar-refractivity contribution in [3.05, 3.63) is 23.7 Å². The summed E-state index contributed by atoms with van der Waals surface area (Å²) < 4.78 is 5.89. The van der Waals surface area contributed by atoms with Crippen molar-refractivity contribution in [1.82, 2.24) is 14.7 Å². The summed E-state index contributed by atoms with van der Waals surface area (Å²) in [7, 11) is 4.33. The molecule has 0 unspecified atom stereocenters. The first-order valence-corrected chi connectivity index (χ1v) is 8.37. The van der Waals surface area contributed by atoms with Gasteiger partial charge in [0.15, 0.2) is 0 Å². The van der Waals surface area contributed by atoms with Gasteiger partial charge in [-0.05, 0) is 39.1 Å². The maximum Gasteiger partial charge on any atom is 0.118 e. The Bertz CT molecular complexity index is 457. The first kappa shape index (κ1) is 15.1. The van der Waals surface area contributed by atoms with Crippen LogP contribution in [0.15, 0.2) is 16.5 Å². The Kier molecular flexibility index (Phi) is 4.67. The summed E-state index contributed by atoms with van der Waals surface area (Å²) in [6.45, 7) is 7.99. The van der Waals surface area contributed by atoms with Crippen LogP contribution in [0.2, 0.25) is 0 Å². The molecular formula is C17H29N3O. The van der Waals surface area contributed by atoms with Gasteiger partial charge in [0.25, 0.3) is 0 Å². The zero-order valence-corrected chi connectivity index (χ0v) is 13.7. The van der Waals surface area contributed by atoms with Gasteiger partial charge in [-0.1, -0.05) is 6.92 Å². The predicted molar refractivity (Wildman–Crippen MR) is 85.4 cm³/mol. The number of hydrogen-bond acceptors (Lipinski definition) is 4. The van der Waals surface area contributed by atoms with Gasteiger partial charge in [-0.3, -0.25) is 9.80 Å². The fourth-order valence-corrected chi connectivity index (χ4v) is 3.86. The number of likely N-dealkylation sites (tertiary alicyclic amines) is 2. The van der Waals surface area contributed by atoms with Crippen molar-refractivity contribution in [2.24, 2.45) is 0 Å². The number of hydrogen-bond donors (Lipinski definition) is 0. The number of likely N-dealkylation sites (N-methyl/N-ethyl adjacent to an activating group) is 1. The monoisotopic (exact) mass is 291 g/mol. The predicted octanol–water partition coefficient (Wildman–Crippen LogP) is 2.05. The SMILES string of the molecule is CCc1ccc(CN2CC[C@H]3[C@@H]2CCN3CCN(C)C)o1. The van der Waals surface area contributed by atoms with Gasteiger partial charge in [-0.25, -0.2) is 0 Å². The van der Waals surface area contributed by atoms with Gasteiger partial charge < -0.3 is 9.32 Å². The first-order chi connectivity index (χ1) is 10.2. The van der Waals surface area contributed by atoms with E-state index in [2.05, 4.69) is 47.9 Å². The highest BCUT2D eigenvalue weighted by atomic mass is 16.3. The van der Waals surface area contributed by atoms with Crippen molar-refractivity contribution in [2.45, 2.75) is 44.8 Å². The number of furan rings is 1. The number of fused-ring (bicyclic) bond motifs is 1. The number of nitrogens with zero attached hydrogens (tertiary/aromatic N) is 3. The first-order valence-electron chi connectivity index (χ1n) is 8.37. The highest BCUT2D eigenvalue weighted by Crippen LogP contribution is 2.32. The van der Waals surface area contributed by atoms with E-state index in [0.717, 1.165) is 36.6 Å². The summed E-state index contributed by atoms with van der Waals surface area (Å²) in [5.74, 6) is 2.25. The molecule has 3 rings (SSSR count). The molecule has 3 heterocycles. The minimum atomic E-state index is 0.738. The van der Waals surface area contributed by atoms with Crippen molar-refractivity contribution in [2.75, 3.05) is 40.3 Å². The minimum absolute atomic E-state index is 0.738. The molecule has 2 aliphatic heterocycles. The lowest BCUT2D eigenvalue weighted by Gasteiger charge is -2.26. The summed E-state index contributed by atoms with van der Waals surface area (Å²) in [5, 5.41) is 0. The van der Waals surface area contributed by atoms with Gasteiger partial charge in [0.1, 0.15) is 11.5 Å². The minimum Gasteiger partial charge on any atom is -0.465 e. The molecule has 0 bridgehead atoms. The number of rotatable bonds is 6. The van der Waals surface area contributed by atoms with E-state index in [0.29, 0.717) is 0 Å². The lowest BCUT2D eigenvalue weighted by molar-refractivity contribution is 0.196. The standard InChI is InChI=1S/C17H29N3O/c1-4-14-5-6-15(21-14)13-20-10-8-16-17(20)7-9-19(16)12-11-18(2)3/h5-6,16-17H,4,7-13H2,1-3H3/t16-,17-/m0/s1. The second kappa shape index (κ2) is 6.51. The Morgan fingerprint density at radius 3 is 2.43 bits per heavy atom. The van der Waals surface area contributed by atoms with Crippen molar-refractivity contribution in [1.29, 1.82) is 0 Å². The van der Waals surface area contributed by atoms with Crippen LogP contribution in [0.4, 0.5) is 0 Å². The molecule has 1 aromatic heterocycles. The molecule has 0 radical (unpaired) electrons. The maximum absolute atomic E-state index is 5.89. The summed E-state index contributed by atoms with van der Waals surface area (Å²) in [5.41, 5.74) is 0. The van der Waals surface area contributed by atoms with Crippen molar-refractivity contribution in [3.63, 3.8) is 0 Å². The third-order valence-corrected chi connectivity index (χ3v) is 5.07. The molecule has 0 amide bonds. The van der Waals surface area contributed by atoms with Gasteiger partial charge in [0, 0.05) is 44.7 Å². The summed E-state index contributed by atoms with van der Waals surface area (Å²) in [6.07, 6.45) is 3.63. The van der Waals surface area contributed by atoms with E-state index >= 15 is 0 Å². The molecule has 4 nitrogen and oxygen atoms in total. The lowest BCUT2D eigenvalue weighted by Crippen LogP contribution is -2.39. The highest BCUT2D eigenvalue weighted by molar-refractivity contribution is 5.09. The molecule has 2 aliphatic rings. The Morgan fingerprint density at radius 2 is 1.76 bits per heavy atom. The maximum atomic E-state index is 5.89. The molecular weight excluding hydrogens is 262 g/mol. The zero-order chi connectivity index (χ0) is 14.8. The fourth-order valence-electron chi connectivity index (χ4n) is 3.86. The molecule has 2 fully saturated rings. The molecule has 2 saturated heterocycles. The third kappa shape index (κ3) is 3.33. The van der Waals surface area contributed by atoms with Crippen LogP contribution >= 0.6 is 0 Å². The Labute approximate surface area is 128 Å². The molecule has 0 aromatic carbocycles. The van der Waals surface area contributed by atoms with Crippen LogP contribution in [0.5, 0.6) is 0 Å². The van der Waals surface area contributed by atoms with Crippen LogP contribution in [-0.4, -0.2) is 67.1 Å². The van der Waals surface area contributed by atoms with E-state index in [1.807, 2.05) is 0 Å². The van der Waals surface area contributed by atoms with E-state index in [9.17, 15) is 0 Å². The summed E-state index contributed by atoms with van der Waals surface area (Å²) in [4.78, 5) is 7.62. The molecule has 0 aliphatic carbocycles. The summed E-state index contributed by atoms with van der Waals surface area (Å²) in [6, 6.07) is 5.79. The second-order valence-electron chi connectivity index (χ2n) is 6.74. The van der Waals surface area contributed by atoms with Crippen LogP contribution in [0.3, 0.4) is 0 Å². The van der Waals surface area contributed by atoms with Crippen molar-refractivity contribution >= 4 is 0 Å². The molecule has 2 atom stereocenters. The summed E-state index contributed by atoms with van der Waals surface area (Å²) >= 11 is 0. The van der Waals surface area contributed by atoms with Gasteiger partial charge in [0.2, 0.25) is 0 Å². The normalized spacial score (nSPS) is 26.9. The Hall–Kier alpha value is -0.840. The largest absolute Gasteiger partial charge is 0.465 e. The van der Waals surface area contributed by atoms with Crippen LogP contribution in [0.1, 0.15) is 31.3 Å². The van der Waals surface area contributed by atoms with E-state index in [1.54, 1.807) is 0 Å². The van der Waals surface area contributed by atoms with Gasteiger partial charge >= 0.3 is 0 Å². The molecule has 21 heavy (non-hydrogen) atoms. The molecule has 0 spiro atoms. The third-order valence-electron chi connectivity index (χ3n) is 5.07. The van der Waals surface area contributed by atoms with Crippen LogP contribution in [0.25, 0.3) is 0 Å². The zero-order valence-electron chi connectivity index (χ0n) is 13.7. The Morgan fingerprint density at radius 1 is 1.10 bits per heavy atom. The fraction of sp³-hybridized carbons (Fsp3) is 0.765. The molecule has 118 valence electrons. The molecule has 4 heteroatoms. The average molecular weight is 291 g/mol. The lowest BCUT2D eigenvalue weighted by atomic mass is 10.1. The smallest absolute Gasteiger partial charge is 0.118 e.